The molecule has 3 heterocycles. The quantitative estimate of drug-likeness (QED) is 0.608. The lowest BCUT2D eigenvalue weighted by Crippen LogP contribution is -2.22. The Morgan fingerprint density at radius 1 is 1.27 bits per heavy atom. The van der Waals surface area contributed by atoms with Gasteiger partial charge < -0.3 is 15.8 Å². The summed E-state index contributed by atoms with van der Waals surface area (Å²) in [6.45, 7) is 3.66. The van der Waals surface area contributed by atoms with E-state index in [1.165, 1.54) is 11.3 Å². The van der Waals surface area contributed by atoms with Crippen LogP contribution in [0.15, 0.2) is 6.07 Å². The minimum Gasteiger partial charge on any atom is -0.466 e. The van der Waals surface area contributed by atoms with E-state index in [4.69, 9.17) is 10.5 Å². The predicted molar refractivity (Wildman–Crippen MR) is 116 cm³/mol. The van der Waals surface area contributed by atoms with Gasteiger partial charge in [-0.15, -0.1) is 16.4 Å². The average molecular weight is 428 g/mol. The van der Waals surface area contributed by atoms with Crippen LogP contribution < -0.4 is 15.8 Å². The summed E-state index contributed by atoms with van der Waals surface area (Å²) in [6.07, 6.45) is 4.99. The first-order valence-electron chi connectivity index (χ1n) is 10.0. The summed E-state index contributed by atoms with van der Waals surface area (Å²) < 4.78 is 7.36. The van der Waals surface area contributed by atoms with E-state index in [-0.39, 0.29) is 12.5 Å². The van der Waals surface area contributed by atoms with E-state index < -0.39 is 5.91 Å². The number of rotatable bonds is 5. The number of aryl methyl sites for hydroxylation is 4. The van der Waals surface area contributed by atoms with E-state index in [9.17, 15) is 9.59 Å². The SMILES string of the molecule is Cc1cc(C)c2c(OCC(=O)Nc3sc4c(c3C(N)=O)CCCCC4)nn(C)c2n1. The number of carbonyl (C=O) groups is 2. The van der Waals surface area contributed by atoms with Crippen LogP contribution in [0.5, 0.6) is 5.88 Å². The Labute approximate surface area is 178 Å². The van der Waals surface area contributed by atoms with Crippen LogP contribution in [-0.2, 0) is 24.7 Å². The highest BCUT2D eigenvalue weighted by atomic mass is 32.1. The van der Waals surface area contributed by atoms with Crippen LogP contribution >= 0.6 is 11.3 Å². The molecule has 0 fully saturated rings. The van der Waals surface area contributed by atoms with Gasteiger partial charge in [0.25, 0.3) is 11.8 Å². The monoisotopic (exact) mass is 427 g/mol. The standard InChI is InChI=1S/C21H25N5O3S/c1-11-9-12(2)23-19-16(11)20(25-26(19)3)29-10-15(27)24-21-17(18(22)28)13-7-5-4-6-8-14(13)30-21/h9H,4-8,10H2,1-3H3,(H2,22,28)(H,24,27). The highest BCUT2D eigenvalue weighted by Gasteiger charge is 2.24. The lowest BCUT2D eigenvalue weighted by molar-refractivity contribution is -0.118. The molecular formula is C21H25N5O3S. The van der Waals surface area contributed by atoms with E-state index in [0.717, 1.165) is 59.2 Å². The summed E-state index contributed by atoms with van der Waals surface area (Å²) in [7, 11) is 1.79. The van der Waals surface area contributed by atoms with Gasteiger partial charge in [0.1, 0.15) is 5.00 Å². The van der Waals surface area contributed by atoms with Crippen molar-refractivity contribution in [1.82, 2.24) is 14.8 Å². The number of ether oxygens (including phenoxy) is 1. The second kappa shape index (κ2) is 8.06. The molecule has 0 bridgehead atoms. The van der Waals surface area contributed by atoms with Gasteiger partial charge in [0.15, 0.2) is 12.3 Å². The molecule has 8 nitrogen and oxygen atoms in total. The number of aromatic nitrogens is 3. The normalized spacial score (nSPS) is 13.7. The number of anilines is 1. The van der Waals surface area contributed by atoms with Crippen molar-refractivity contribution in [3.63, 3.8) is 0 Å². The molecule has 2 amide bonds. The largest absolute Gasteiger partial charge is 0.466 e. The number of thiophene rings is 1. The molecule has 3 aromatic heterocycles. The Balaban J connectivity index is 1.53. The smallest absolute Gasteiger partial charge is 0.262 e. The highest BCUT2D eigenvalue weighted by Crippen LogP contribution is 2.37. The van der Waals surface area contributed by atoms with Crippen molar-refractivity contribution < 1.29 is 14.3 Å². The lowest BCUT2D eigenvalue weighted by atomic mass is 10.1. The molecule has 30 heavy (non-hydrogen) atoms. The zero-order valence-electron chi connectivity index (χ0n) is 17.4. The van der Waals surface area contributed by atoms with Gasteiger partial charge in [-0.1, -0.05) is 6.42 Å². The number of amides is 2. The topological polar surface area (TPSA) is 112 Å². The van der Waals surface area contributed by atoms with E-state index in [1.807, 2.05) is 19.9 Å². The fourth-order valence-corrected chi connectivity index (χ4v) is 5.35. The summed E-state index contributed by atoms with van der Waals surface area (Å²) in [5.41, 5.74) is 9.66. The molecule has 0 aliphatic heterocycles. The molecule has 3 N–H and O–H groups in total. The number of primary amides is 1. The third kappa shape index (κ3) is 3.77. The summed E-state index contributed by atoms with van der Waals surface area (Å²) in [5.74, 6) is -0.492. The van der Waals surface area contributed by atoms with Crippen molar-refractivity contribution in [3.05, 3.63) is 33.3 Å². The molecule has 0 saturated carbocycles. The lowest BCUT2D eigenvalue weighted by Gasteiger charge is -2.07. The summed E-state index contributed by atoms with van der Waals surface area (Å²) >= 11 is 1.45. The molecule has 0 spiro atoms. The molecule has 0 aromatic carbocycles. The molecule has 0 saturated heterocycles. The Kier molecular flexibility index (Phi) is 5.46. The first-order chi connectivity index (χ1) is 14.3. The maximum absolute atomic E-state index is 12.6. The van der Waals surface area contributed by atoms with Crippen LogP contribution in [-0.4, -0.2) is 33.2 Å². The van der Waals surface area contributed by atoms with Crippen LogP contribution in [0.3, 0.4) is 0 Å². The van der Waals surface area contributed by atoms with Crippen molar-refractivity contribution in [3.8, 4) is 5.88 Å². The molecule has 4 rings (SSSR count). The van der Waals surface area contributed by atoms with Gasteiger partial charge in [-0.3, -0.25) is 9.59 Å². The maximum atomic E-state index is 12.6. The number of hydrogen-bond acceptors (Lipinski definition) is 6. The highest BCUT2D eigenvalue weighted by molar-refractivity contribution is 7.17. The molecule has 9 heteroatoms. The fourth-order valence-electron chi connectivity index (χ4n) is 4.04. The van der Waals surface area contributed by atoms with Gasteiger partial charge in [-0.05, 0) is 56.7 Å². The zero-order valence-corrected chi connectivity index (χ0v) is 18.2. The summed E-state index contributed by atoms with van der Waals surface area (Å²) in [5, 5.41) is 8.49. The van der Waals surface area contributed by atoms with Crippen molar-refractivity contribution in [1.29, 1.82) is 0 Å². The fraction of sp³-hybridized carbons (Fsp3) is 0.429. The molecule has 158 valence electrons. The average Bonchev–Trinajstić information content (AvgIpc) is 3.08. The number of fused-ring (bicyclic) bond motifs is 2. The molecule has 0 unspecified atom stereocenters. The molecule has 0 radical (unpaired) electrons. The Morgan fingerprint density at radius 2 is 2.03 bits per heavy atom. The van der Waals surface area contributed by atoms with E-state index in [1.54, 1.807) is 11.7 Å². The third-order valence-corrected chi connectivity index (χ3v) is 6.55. The predicted octanol–water partition coefficient (Wildman–Crippen LogP) is 3.03. The van der Waals surface area contributed by atoms with Gasteiger partial charge in [-0.25, -0.2) is 9.67 Å². The van der Waals surface area contributed by atoms with E-state index in [0.29, 0.717) is 22.1 Å². The molecule has 1 aliphatic rings. The van der Waals surface area contributed by atoms with Crippen molar-refractivity contribution in [2.45, 2.75) is 46.0 Å². The van der Waals surface area contributed by atoms with Crippen LogP contribution in [0.2, 0.25) is 0 Å². The minimum absolute atomic E-state index is 0.222. The minimum atomic E-state index is -0.501. The number of hydrogen-bond donors (Lipinski definition) is 2. The second-order valence-corrected chi connectivity index (χ2v) is 8.78. The van der Waals surface area contributed by atoms with Crippen molar-refractivity contribution in [2.75, 3.05) is 11.9 Å². The number of nitrogens with zero attached hydrogens (tertiary/aromatic N) is 3. The molecule has 3 aromatic rings. The van der Waals surface area contributed by atoms with Gasteiger partial charge in [-0.2, -0.15) is 0 Å². The van der Waals surface area contributed by atoms with Gasteiger partial charge in [0, 0.05) is 17.6 Å². The second-order valence-electron chi connectivity index (χ2n) is 7.68. The first kappa shape index (κ1) is 20.3. The summed E-state index contributed by atoms with van der Waals surface area (Å²) in [4.78, 5) is 30.3. The molecule has 1 aliphatic carbocycles. The van der Waals surface area contributed by atoms with Crippen molar-refractivity contribution in [2.24, 2.45) is 12.8 Å². The van der Waals surface area contributed by atoms with Crippen molar-refractivity contribution >= 4 is 39.2 Å². The third-order valence-electron chi connectivity index (χ3n) is 5.35. The Morgan fingerprint density at radius 3 is 2.80 bits per heavy atom. The van der Waals surface area contributed by atoms with Gasteiger partial charge in [0.05, 0.1) is 10.9 Å². The van der Waals surface area contributed by atoms with Crippen LogP contribution in [0, 0.1) is 13.8 Å². The maximum Gasteiger partial charge on any atom is 0.262 e. The first-order valence-corrected chi connectivity index (χ1v) is 10.8. The summed E-state index contributed by atoms with van der Waals surface area (Å²) in [6, 6.07) is 1.95. The zero-order chi connectivity index (χ0) is 21.4. The van der Waals surface area contributed by atoms with Crippen LogP contribution in [0.25, 0.3) is 11.0 Å². The van der Waals surface area contributed by atoms with Crippen LogP contribution in [0.4, 0.5) is 5.00 Å². The molecule has 0 atom stereocenters. The number of carbonyl (C=O) groups excluding carboxylic acids is 2. The van der Waals surface area contributed by atoms with Gasteiger partial charge in [0.2, 0.25) is 5.88 Å². The van der Waals surface area contributed by atoms with E-state index >= 15 is 0 Å². The Hall–Kier alpha value is -2.94. The Bertz CT molecular complexity index is 1150. The van der Waals surface area contributed by atoms with Gasteiger partial charge >= 0.3 is 0 Å². The molecular weight excluding hydrogens is 402 g/mol. The number of nitrogens with two attached hydrogens (primary N) is 1. The van der Waals surface area contributed by atoms with Crippen LogP contribution in [0.1, 0.15) is 51.3 Å². The van der Waals surface area contributed by atoms with E-state index in [2.05, 4.69) is 15.4 Å². The number of nitrogens with one attached hydrogen (secondary N) is 1. The number of pyridine rings is 1.